The summed E-state index contributed by atoms with van der Waals surface area (Å²) in [6.07, 6.45) is 0.748. The van der Waals surface area contributed by atoms with E-state index in [2.05, 4.69) is 34.8 Å². The minimum absolute atomic E-state index is 0.0617. The molecule has 0 aromatic heterocycles. The number of nitrogens with zero attached hydrogens (tertiary/aromatic N) is 1. The fraction of sp³-hybridized carbons (Fsp3) is 0.222. The lowest BCUT2D eigenvalue weighted by molar-refractivity contribution is -0.118. The largest absolute Gasteiger partial charge is 0.272 e. The normalized spacial score (nSPS) is 11.2. The first-order valence-corrected chi connectivity index (χ1v) is 8.37. The minimum Gasteiger partial charge on any atom is -0.272 e. The van der Waals surface area contributed by atoms with Crippen LogP contribution in [0.5, 0.6) is 0 Å². The average Bonchev–Trinajstić information content (AvgIpc) is 2.55. The molecular weight excluding hydrogens is 292 g/mol. The molecule has 0 atom stereocenters. The van der Waals surface area contributed by atoms with Crippen molar-refractivity contribution < 1.29 is 4.79 Å². The van der Waals surface area contributed by atoms with Crippen LogP contribution in [0.4, 0.5) is 0 Å². The molecule has 0 aliphatic heterocycles. The Bertz CT molecular complexity index is 611. The lowest BCUT2D eigenvalue weighted by Gasteiger charge is -2.03. The van der Waals surface area contributed by atoms with E-state index in [0.29, 0.717) is 5.75 Å². The molecule has 0 bridgehead atoms. The van der Waals surface area contributed by atoms with Crippen LogP contribution in [-0.4, -0.2) is 17.4 Å². The third-order valence-corrected chi connectivity index (χ3v) is 4.02. The van der Waals surface area contributed by atoms with Crippen LogP contribution in [0.3, 0.4) is 0 Å². The van der Waals surface area contributed by atoms with Gasteiger partial charge in [0.15, 0.2) is 0 Å². The Kier molecular flexibility index (Phi) is 6.71. The third-order valence-electron chi connectivity index (χ3n) is 3.02. The molecule has 0 saturated carbocycles. The Morgan fingerprint density at radius 2 is 1.59 bits per heavy atom. The Morgan fingerprint density at radius 1 is 1.00 bits per heavy atom. The fourth-order valence-corrected chi connectivity index (χ4v) is 2.74. The van der Waals surface area contributed by atoms with Crippen LogP contribution in [0, 0.1) is 0 Å². The van der Waals surface area contributed by atoms with Gasteiger partial charge in [-0.05, 0) is 18.1 Å². The van der Waals surface area contributed by atoms with E-state index in [9.17, 15) is 4.79 Å². The van der Waals surface area contributed by atoms with E-state index in [1.807, 2.05) is 43.3 Å². The van der Waals surface area contributed by atoms with Crippen LogP contribution >= 0.6 is 11.8 Å². The topological polar surface area (TPSA) is 41.5 Å². The summed E-state index contributed by atoms with van der Waals surface area (Å²) in [5.74, 6) is 1.19. The lowest BCUT2D eigenvalue weighted by Crippen LogP contribution is -2.21. The second kappa shape index (κ2) is 9.05. The van der Waals surface area contributed by atoms with Crippen LogP contribution in [-0.2, 0) is 17.0 Å². The van der Waals surface area contributed by atoms with E-state index in [1.165, 1.54) is 11.1 Å². The predicted octanol–water partition coefficient (Wildman–Crippen LogP) is 3.65. The van der Waals surface area contributed by atoms with Crippen LogP contribution < -0.4 is 5.43 Å². The van der Waals surface area contributed by atoms with Crippen LogP contribution in [0.2, 0.25) is 0 Å². The molecule has 114 valence electrons. The summed E-state index contributed by atoms with van der Waals surface area (Å²) in [5, 5.41) is 4.15. The van der Waals surface area contributed by atoms with Crippen molar-refractivity contribution in [2.45, 2.75) is 19.1 Å². The first kappa shape index (κ1) is 16.3. The SMILES string of the molecule is C/C(Cc1ccccc1)=N/NC(=O)CSCc1ccccc1. The highest BCUT2D eigenvalue weighted by Gasteiger charge is 2.01. The Balaban J connectivity index is 1.69. The molecule has 22 heavy (non-hydrogen) atoms. The van der Waals surface area contributed by atoms with Crippen molar-refractivity contribution in [3.05, 3.63) is 71.8 Å². The number of nitrogens with one attached hydrogen (secondary N) is 1. The van der Waals surface area contributed by atoms with Crippen molar-refractivity contribution in [1.29, 1.82) is 0 Å². The molecule has 0 spiro atoms. The highest BCUT2D eigenvalue weighted by atomic mass is 32.2. The maximum atomic E-state index is 11.8. The summed E-state index contributed by atoms with van der Waals surface area (Å²) in [6.45, 7) is 1.92. The Morgan fingerprint density at radius 3 is 2.23 bits per heavy atom. The molecule has 0 heterocycles. The van der Waals surface area contributed by atoms with E-state index < -0.39 is 0 Å². The van der Waals surface area contributed by atoms with Gasteiger partial charge in [-0.15, -0.1) is 11.8 Å². The number of benzene rings is 2. The van der Waals surface area contributed by atoms with Crippen molar-refractivity contribution >= 4 is 23.4 Å². The van der Waals surface area contributed by atoms with Crippen LogP contribution in [0.25, 0.3) is 0 Å². The number of amides is 1. The zero-order valence-corrected chi connectivity index (χ0v) is 13.5. The molecule has 0 saturated heterocycles. The number of hydrazone groups is 1. The number of thioether (sulfide) groups is 1. The predicted molar refractivity (Wildman–Crippen MR) is 94.0 cm³/mol. The fourth-order valence-electron chi connectivity index (χ4n) is 1.96. The van der Waals surface area contributed by atoms with E-state index >= 15 is 0 Å². The zero-order chi connectivity index (χ0) is 15.6. The summed E-state index contributed by atoms with van der Waals surface area (Å²) in [4.78, 5) is 11.8. The molecule has 2 aromatic carbocycles. The van der Waals surface area contributed by atoms with Crippen molar-refractivity contribution in [3.8, 4) is 0 Å². The van der Waals surface area contributed by atoms with Gasteiger partial charge in [0.1, 0.15) is 0 Å². The highest BCUT2D eigenvalue weighted by molar-refractivity contribution is 7.99. The first-order chi connectivity index (χ1) is 10.7. The van der Waals surface area contributed by atoms with Crippen molar-refractivity contribution in [1.82, 2.24) is 5.43 Å². The maximum absolute atomic E-state index is 11.8. The van der Waals surface area contributed by atoms with E-state index in [4.69, 9.17) is 0 Å². The molecule has 3 nitrogen and oxygen atoms in total. The summed E-state index contributed by atoms with van der Waals surface area (Å²) in [5.41, 5.74) is 5.93. The molecule has 0 fully saturated rings. The third kappa shape index (κ3) is 6.14. The second-order valence-corrected chi connectivity index (χ2v) is 6.01. The van der Waals surface area contributed by atoms with Gasteiger partial charge in [0.05, 0.1) is 5.75 Å². The smallest absolute Gasteiger partial charge is 0.250 e. The van der Waals surface area contributed by atoms with Gasteiger partial charge >= 0.3 is 0 Å². The number of carbonyl (C=O) groups is 1. The van der Waals surface area contributed by atoms with Crippen molar-refractivity contribution in [2.75, 3.05) is 5.75 Å². The molecular formula is C18H20N2OS. The number of carbonyl (C=O) groups excluding carboxylic acids is 1. The Labute approximate surface area is 135 Å². The summed E-state index contributed by atoms with van der Waals surface area (Å²) >= 11 is 1.59. The minimum atomic E-state index is -0.0617. The van der Waals surface area contributed by atoms with Gasteiger partial charge in [0.2, 0.25) is 5.91 Å². The van der Waals surface area contributed by atoms with Crippen molar-refractivity contribution in [3.63, 3.8) is 0 Å². The van der Waals surface area contributed by atoms with Gasteiger partial charge in [0.25, 0.3) is 0 Å². The van der Waals surface area contributed by atoms with Gasteiger partial charge in [-0.3, -0.25) is 4.79 Å². The lowest BCUT2D eigenvalue weighted by atomic mass is 10.1. The van der Waals surface area contributed by atoms with Gasteiger partial charge in [-0.1, -0.05) is 60.7 Å². The van der Waals surface area contributed by atoms with Crippen LogP contribution in [0.15, 0.2) is 65.8 Å². The molecule has 4 heteroatoms. The van der Waals surface area contributed by atoms with Crippen molar-refractivity contribution in [2.24, 2.45) is 5.10 Å². The van der Waals surface area contributed by atoms with Gasteiger partial charge in [-0.2, -0.15) is 5.10 Å². The van der Waals surface area contributed by atoms with E-state index in [1.54, 1.807) is 11.8 Å². The molecule has 0 unspecified atom stereocenters. The number of hydrogen-bond acceptors (Lipinski definition) is 3. The highest BCUT2D eigenvalue weighted by Crippen LogP contribution is 2.11. The van der Waals surface area contributed by atoms with Gasteiger partial charge in [-0.25, -0.2) is 5.43 Å². The summed E-state index contributed by atoms with van der Waals surface area (Å²) < 4.78 is 0. The molecule has 1 amide bonds. The number of rotatable bonds is 7. The van der Waals surface area contributed by atoms with Crippen LogP contribution in [0.1, 0.15) is 18.1 Å². The standard InChI is InChI=1S/C18H20N2OS/c1-15(12-16-8-4-2-5-9-16)19-20-18(21)14-22-13-17-10-6-3-7-11-17/h2-11H,12-14H2,1H3,(H,20,21)/b19-15-. The Hall–Kier alpha value is -2.07. The molecule has 0 aliphatic rings. The second-order valence-electron chi connectivity index (χ2n) is 5.02. The number of hydrogen-bond donors (Lipinski definition) is 1. The average molecular weight is 312 g/mol. The summed E-state index contributed by atoms with van der Waals surface area (Å²) in [7, 11) is 0. The molecule has 1 N–H and O–H groups in total. The van der Waals surface area contributed by atoms with Gasteiger partial charge in [0, 0.05) is 17.9 Å². The molecule has 0 radical (unpaired) electrons. The quantitative estimate of drug-likeness (QED) is 0.626. The molecule has 2 rings (SSSR count). The molecule has 0 aliphatic carbocycles. The first-order valence-electron chi connectivity index (χ1n) is 7.21. The molecule has 2 aromatic rings. The zero-order valence-electron chi connectivity index (χ0n) is 12.7. The summed E-state index contributed by atoms with van der Waals surface area (Å²) in [6, 6.07) is 20.2. The van der Waals surface area contributed by atoms with E-state index in [-0.39, 0.29) is 5.91 Å². The monoisotopic (exact) mass is 312 g/mol. The maximum Gasteiger partial charge on any atom is 0.250 e. The van der Waals surface area contributed by atoms with Gasteiger partial charge < -0.3 is 0 Å². The van der Waals surface area contributed by atoms with E-state index in [0.717, 1.165) is 17.9 Å².